The van der Waals surface area contributed by atoms with Crippen LogP contribution in [0.1, 0.15) is 58.7 Å². The maximum absolute atomic E-state index is 12.7. The summed E-state index contributed by atoms with van der Waals surface area (Å²) in [7, 11) is 3.26. The minimum Gasteiger partial charge on any atom is -0.493 e. The Morgan fingerprint density at radius 1 is 0.853 bits per heavy atom. The molecule has 7 heteroatoms. The van der Waals surface area contributed by atoms with Gasteiger partial charge in [-0.25, -0.2) is 0 Å². The second-order valence-corrected chi connectivity index (χ2v) is 8.71. The van der Waals surface area contributed by atoms with Gasteiger partial charge < -0.3 is 29.2 Å². The summed E-state index contributed by atoms with van der Waals surface area (Å²) >= 11 is 0. The number of amides is 1. The number of carbonyl (C=O) groups excluding carboxylic acids is 1. The Bertz CT molecular complexity index is 921. The molecular weight excluding hydrogens is 432 g/mol. The second kappa shape index (κ2) is 13.1. The van der Waals surface area contributed by atoms with E-state index in [-0.39, 0.29) is 30.6 Å². The van der Waals surface area contributed by atoms with E-state index in [0.29, 0.717) is 36.1 Å². The molecule has 0 aliphatic heterocycles. The van der Waals surface area contributed by atoms with Crippen molar-refractivity contribution in [2.75, 3.05) is 27.4 Å². The molecule has 7 nitrogen and oxygen atoms in total. The number of nitrogens with one attached hydrogen (secondary N) is 1. The molecule has 2 aromatic rings. The molecule has 0 aromatic heterocycles. The summed E-state index contributed by atoms with van der Waals surface area (Å²) in [5, 5.41) is 3.53. The largest absolute Gasteiger partial charge is 0.493 e. The lowest BCUT2D eigenvalue weighted by Gasteiger charge is -2.30. The Balaban J connectivity index is 2.06. The van der Waals surface area contributed by atoms with Gasteiger partial charge in [-0.3, -0.25) is 4.79 Å². The Kier molecular flexibility index (Phi) is 10.5. The molecule has 0 spiro atoms. The van der Waals surface area contributed by atoms with Crippen molar-refractivity contribution in [2.45, 2.75) is 66.2 Å². The lowest BCUT2D eigenvalue weighted by Crippen LogP contribution is -2.44. The van der Waals surface area contributed by atoms with E-state index in [2.05, 4.69) is 12.2 Å². The molecule has 0 aliphatic carbocycles. The fourth-order valence-corrected chi connectivity index (χ4v) is 3.95. The van der Waals surface area contributed by atoms with Crippen molar-refractivity contribution in [2.24, 2.45) is 0 Å². The third kappa shape index (κ3) is 7.29. The predicted octanol–water partition coefficient (Wildman–Crippen LogP) is 4.98. The van der Waals surface area contributed by atoms with Gasteiger partial charge in [0, 0.05) is 24.7 Å². The quantitative estimate of drug-likeness (QED) is 0.444. The van der Waals surface area contributed by atoms with Gasteiger partial charge in [-0.15, -0.1) is 0 Å². The first-order chi connectivity index (χ1) is 16.2. The summed E-state index contributed by atoms with van der Waals surface area (Å²) in [5.41, 5.74) is 2.15. The molecule has 0 radical (unpaired) electrons. The molecule has 0 fully saturated rings. The van der Waals surface area contributed by atoms with E-state index < -0.39 is 0 Å². The monoisotopic (exact) mass is 472 g/mol. The molecule has 0 heterocycles. The van der Waals surface area contributed by atoms with Crippen LogP contribution in [-0.2, 0) is 11.3 Å². The van der Waals surface area contributed by atoms with E-state index in [4.69, 9.17) is 18.9 Å². The van der Waals surface area contributed by atoms with Crippen LogP contribution in [0.2, 0.25) is 0 Å². The summed E-state index contributed by atoms with van der Waals surface area (Å²) in [5.74, 6) is 2.57. The predicted molar refractivity (Wildman–Crippen MR) is 135 cm³/mol. The molecule has 2 aromatic carbocycles. The van der Waals surface area contributed by atoms with Crippen LogP contribution in [0.5, 0.6) is 23.0 Å². The standard InChI is InChI=1S/C27H40N2O5/c1-9-33-26-14-21(10-12-24(26)34-17-27(30)29(18(2)3)19(4)5)16-28-20(6)22-11-13-23(31-7)25(15-22)32-8/h10-15,18-20,28H,9,16-17H2,1-8H3. The minimum absolute atomic E-state index is 0.0234. The highest BCUT2D eigenvalue weighted by Crippen LogP contribution is 2.31. The Hall–Kier alpha value is -2.93. The van der Waals surface area contributed by atoms with Crippen molar-refractivity contribution in [3.05, 3.63) is 47.5 Å². The van der Waals surface area contributed by atoms with Gasteiger partial charge in [0.15, 0.2) is 29.6 Å². The van der Waals surface area contributed by atoms with Gasteiger partial charge in [0.05, 0.1) is 20.8 Å². The van der Waals surface area contributed by atoms with Crippen LogP contribution in [0, 0.1) is 0 Å². The van der Waals surface area contributed by atoms with Gasteiger partial charge in [-0.2, -0.15) is 0 Å². The smallest absolute Gasteiger partial charge is 0.260 e. The van der Waals surface area contributed by atoms with E-state index in [9.17, 15) is 4.79 Å². The van der Waals surface area contributed by atoms with Crippen LogP contribution in [0.15, 0.2) is 36.4 Å². The molecule has 0 saturated heterocycles. The molecule has 188 valence electrons. The van der Waals surface area contributed by atoms with E-state index in [1.54, 1.807) is 14.2 Å². The van der Waals surface area contributed by atoms with E-state index in [1.165, 1.54) is 0 Å². The van der Waals surface area contributed by atoms with E-state index >= 15 is 0 Å². The molecule has 1 unspecified atom stereocenters. The number of carbonyl (C=O) groups is 1. The average molecular weight is 473 g/mol. The Labute approximate surface area is 204 Å². The zero-order valence-electron chi connectivity index (χ0n) is 21.8. The van der Waals surface area contributed by atoms with Crippen molar-refractivity contribution in [3.8, 4) is 23.0 Å². The van der Waals surface area contributed by atoms with Crippen LogP contribution in [-0.4, -0.2) is 50.3 Å². The summed E-state index contributed by atoms with van der Waals surface area (Å²) in [6.45, 7) is 13.2. The van der Waals surface area contributed by atoms with Crippen molar-refractivity contribution in [3.63, 3.8) is 0 Å². The van der Waals surface area contributed by atoms with Gasteiger partial charge in [0.25, 0.3) is 5.91 Å². The maximum atomic E-state index is 12.7. The van der Waals surface area contributed by atoms with Crippen LogP contribution in [0.25, 0.3) is 0 Å². The maximum Gasteiger partial charge on any atom is 0.260 e. The van der Waals surface area contributed by atoms with Crippen LogP contribution < -0.4 is 24.3 Å². The Morgan fingerprint density at radius 3 is 2.09 bits per heavy atom. The highest BCUT2D eigenvalue weighted by molar-refractivity contribution is 5.78. The highest BCUT2D eigenvalue weighted by atomic mass is 16.5. The number of ether oxygens (including phenoxy) is 4. The molecular formula is C27H40N2O5. The van der Waals surface area contributed by atoms with Crippen molar-refractivity contribution < 1.29 is 23.7 Å². The molecule has 0 aliphatic rings. The van der Waals surface area contributed by atoms with E-state index in [1.807, 2.05) is 75.9 Å². The molecule has 1 amide bonds. The number of hydrogen-bond donors (Lipinski definition) is 1. The van der Waals surface area contributed by atoms with Crippen molar-refractivity contribution in [1.82, 2.24) is 10.2 Å². The molecule has 0 saturated carbocycles. The first kappa shape index (κ1) is 27.3. The lowest BCUT2D eigenvalue weighted by molar-refractivity contribution is -0.137. The number of rotatable bonds is 13. The van der Waals surface area contributed by atoms with Crippen molar-refractivity contribution in [1.29, 1.82) is 0 Å². The summed E-state index contributed by atoms with van der Waals surface area (Å²) in [6, 6.07) is 12.1. The minimum atomic E-state index is -0.0399. The topological polar surface area (TPSA) is 69.3 Å². The van der Waals surface area contributed by atoms with Crippen LogP contribution in [0.3, 0.4) is 0 Å². The van der Waals surface area contributed by atoms with Crippen LogP contribution in [0.4, 0.5) is 0 Å². The fourth-order valence-electron chi connectivity index (χ4n) is 3.95. The average Bonchev–Trinajstić information content (AvgIpc) is 2.81. The fraction of sp³-hybridized carbons (Fsp3) is 0.519. The molecule has 1 N–H and O–H groups in total. The summed E-state index contributed by atoms with van der Waals surface area (Å²) in [4.78, 5) is 14.5. The SMILES string of the molecule is CCOc1cc(CNC(C)c2ccc(OC)c(OC)c2)ccc1OCC(=O)N(C(C)C)C(C)C. The number of methoxy groups -OCH3 is 2. The molecule has 0 bridgehead atoms. The molecule has 34 heavy (non-hydrogen) atoms. The van der Waals surface area contributed by atoms with Gasteiger partial charge >= 0.3 is 0 Å². The summed E-state index contributed by atoms with van der Waals surface area (Å²) < 4.78 is 22.4. The van der Waals surface area contributed by atoms with E-state index in [0.717, 1.165) is 11.1 Å². The van der Waals surface area contributed by atoms with Gasteiger partial charge in [-0.05, 0) is 76.9 Å². The van der Waals surface area contributed by atoms with Gasteiger partial charge in [0.1, 0.15) is 0 Å². The Morgan fingerprint density at radius 2 is 1.50 bits per heavy atom. The zero-order valence-corrected chi connectivity index (χ0v) is 21.8. The normalized spacial score (nSPS) is 11.9. The second-order valence-electron chi connectivity index (χ2n) is 8.71. The third-order valence-corrected chi connectivity index (χ3v) is 5.58. The van der Waals surface area contributed by atoms with Gasteiger partial charge in [0.2, 0.25) is 0 Å². The van der Waals surface area contributed by atoms with Crippen molar-refractivity contribution >= 4 is 5.91 Å². The molecule has 1 atom stereocenters. The van der Waals surface area contributed by atoms with Gasteiger partial charge in [-0.1, -0.05) is 12.1 Å². The molecule has 2 rings (SSSR count). The third-order valence-electron chi connectivity index (χ3n) is 5.58. The number of benzene rings is 2. The highest BCUT2D eigenvalue weighted by Gasteiger charge is 2.21. The van der Waals surface area contributed by atoms with Crippen LogP contribution >= 0.6 is 0 Å². The number of hydrogen-bond acceptors (Lipinski definition) is 6. The lowest BCUT2D eigenvalue weighted by atomic mass is 10.1. The first-order valence-electron chi connectivity index (χ1n) is 11.9. The first-order valence-corrected chi connectivity index (χ1v) is 11.9. The zero-order chi connectivity index (χ0) is 25.3. The number of nitrogens with zero attached hydrogens (tertiary/aromatic N) is 1. The summed E-state index contributed by atoms with van der Waals surface area (Å²) in [6.07, 6.45) is 0.